The number of ether oxygens (including phenoxy) is 1. The van der Waals surface area contributed by atoms with Gasteiger partial charge >= 0.3 is 6.36 Å². The van der Waals surface area contributed by atoms with Gasteiger partial charge in [0.25, 0.3) is 11.8 Å². The Kier molecular flexibility index (Phi) is 10.7. The second-order valence-corrected chi connectivity index (χ2v) is 11.3. The molecule has 0 aromatic heterocycles. The summed E-state index contributed by atoms with van der Waals surface area (Å²) in [5.74, 6) is -0.911. The first kappa shape index (κ1) is 32.7. The molecule has 1 aliphatic heterocycles. The molecule has 1 fully saturated rings. The van der Waals surface area contributed by atoms with Crippen LogP contribution in [0.3, 0.4) is 0 Å². The Balaban J connectivity index is 1.25. The summed E-state index contributed by atoms with van der Waals surface area (Å²) in [4.78, 5) is 28.9. The quantitative estimate of drug-likeness (QED) is 0.177. The fraction of sp³-hybridized carbons (Fsp3) is 0.278. The molecule has 4 aromatic carbocycles. The molecule has 0 aliphatic carbocycles. The number of likely N-dealkylation sites (tertiary alicyclic amines) is 1. The SMILES string of the molecule is O=C(N[C@@H](Cc1ccccc1)[C@@H](O)CNCc1cccc(OC(F)(F)F)c1)c1cccc(C(=O)N2CCCC2c2ccccc2)c1. The van der Waals surface area contributed by atoms with Crippen LogP contribution in [0.4, 0.5) is 13.2 Å². The van der Waals surface area contributed by atoms with Crippen LogP contribution in [0.1, 0.15) is 56.3 Å². The highest BCUT2D eigenvalue weighted by Gasteiger charge is 2.32. The van der Waals surface area contributed by atoms with Gasteiger partial charge in [0.2, 0.25) is 0 Å². The van der Waals surface area contributed by atoms with Gasteiger partial charge < -0.3 is 25.4 Å². The van der Waals surface area contributed by atoms with Crippen LogP contribution in [0.5, 0.6) is 5.75 Å². The molecule has 1 heterocycles. The van der Waals surface area contributed by atoms with Crippen LogP contribution in [-0.2, 0) is 13.0 Å². The molecule has 46 heavy (non-hydrogen) atoms. The third-order valence-corrected chi connectivity index (χ3v) is 7.96. The van der Waals surface area contributed by atoms with E-state index in [2.05, 4.69) is 15.4 Å². The third-order valence-electron chi connectivity index (χ3n) is 7.96. The zero-order valence-electron chi connectivity index (χ0n) is 25.1. The molecule has 1 unspecified atom stereocenters. The maximum atomic E-state index is 13.6. The van der Waals surface area contributed by atoms with Crippen molar-refractivity contribution in [1.29, 1.82) is 0 Å². The molecule has 0 saturated carbocycles. The number of aliphatic hydroxyl groups excluding tert-OH is 1. The summed E-state index contributed by atoms with van der Waals surface area (Å²) in [6.07, 6.45) is -3.74. The van der Waals surface area contributed by atoms with Gasteiger partial charge in [-0.15, -0.1) is 13.2 Å². The van der Waals surface area contributed by atoms with Gasteiger partial charge in [-0.25, -0.2) is 0 Å². The summed E-state index contributed by atoms with van der Waals surface area (Å²) in [5.41, 5.74) is 3.21. The Morgan fingerprint density at radius 3 is 2.28 bits per heavy atom. The lowest BCUT2D eigenvalue weighted by Gasteiger charge is -2.26. The number of halogens is 3. The van der Waals surface area contributed by atoms with Gasteiger partial charge in [-0.05, 0) is 66.3 Å². The average molecular weight is 632 g/mol. The molecular formula is C36H36F3N3O4. The number of benzene rings is 4. The highest BCUT2D eigenvalue weighted by atomic mass is 19.4. The molecule has 240 valence electrons. The predicted molar refractivity (Wildman–Crippen MR) is 168 cm³/mol. The van der Waals surface area contributed by atoms with E-state index in [-0.39, 0.29) is 30.8 Å². The fourth-order valence-corrected chi connectivity index (χ4v) is 5.75. The van der Waals surface area contributed by atoms with Gasteiger partial charge in [0, 0.05) is 30.8 Å². The number of carbonyl (C=O) groups excluding carboxylic acids is 2. The number of aliphatic hydroxyl groups is 1. The summed E-state index contributed by atoms with van der Waals surface area (Å²) in [6, 6.07) is 30.7. The molecule has 5 rings (SSSR count). The molecular weight excluding hydrogens is 595 g/mol. The smallest absolute Gasteiger partial charge is 0.406 e. The van der Waals surface area contributed by atoms with Crippen molar-refractivity contribution in [2.75, 3.05) is 13.1 Å². The van der Waals surface area contributed by atoms with E-state index in [1.807, 2.05) is 65.6 Å². The van der Waals surface area contributed by atoms with E-state index in [1.165, 1.54) is 18.2 Å². The number of nitrogens with zero attached hydrogens (tertiary/aromatic N) is 1. The molecule has 1 aliphatic rings. The highest BCUT2D eigenvalue weighted by Crippen LogP contribution is 2.33. The van der Waals surface area contributed by atoms with Crippen molar-refractivity contribution < 1.29 is 32.6 Å². The van der Waals surface area contributed by atoms with E-state index in [4.69, 9.17) is 0 Å². The third kappa shape index (κ3) is 8.95. The largest absolute Gasteiger partial charge is 0.573 e. The molecule has 3 N–H and O–H groups in total. The molecule has 10 heteroatoms. The lowest BCUT2D eigenvalue weighted by atomic mass is 10.00. The van der Waals surface area contributed by atoms with Crippen molar-refractivity contribution in [3.8, 4) is 5.75 Å². The first-order valence-electron chi connectivity index (χ1n) is 15.2. The monoisotopic (exact) mass is 631 g/mol. The topological polar surface area (TPSA) is 90.9 Å². The average Bonchev–Trinajstić information content (AvgIpc) is 3.55. The molecule has 3 atom stereocenters. The summed E-state index contributed by atoms with van der Waals surface area (Å²) in [6.45, 7) is 0.853. The van der Waals surface area contributed by atoms with E-state index >= 15 is 0 Å². The minimum atomic E-state index is -4.79. The van der Waals surface area contributed by atoms with Gasteiger partial charge in [-0.2, -0.15) is 0 Å². The van der Waals surface area contributed by atoms with Crippen molar-refractivity contribution in [3.63, 3.8) is 0 Å². The van der Waals surface area contributed by atoms with Gasteiger partial charge in [-0.3, -0.25) is 9.59 Å². The highest BCUT2D eigenvalue weighted by molar-refractivity contribution is 6.00. The maximum absolute atomic E-state index is 13.6. The second kappa shape index (κ2) is 15.1. The molecule has 0 radical (unpaired) electrons. The van der Waals surface area contributed by atoms with Crippen molar-refractivity contribution in [3.05, 3.63) is 137 Å². The Morgan fingerprint density at radius 2 is 1.54 bits per heavy atom. The number of carbonyl (C=O) groups is 2. The Hall–Kier alpha value is -4.67. The van der Waals surface area contributed by atoms with Crippen LogP contribution in [0.15, 0.2) is 109 Å². The van der Waals surface area contributed by atoms with Crippen LogP contribution < -0.4 is 15.4 Å². The Bertz CT molecular complexity index is 1600. The van der Waals surface area contributed by atoms with Crippen molar-refractivity contribution in [1.82, 2.24) is 15.5 Å². The van der Waals surface area contributed by atoms with E-state index in [9.17, 15) is 27.9 Å². The minimum Gasteiger partial charge on any atom is -0.406 e. The van der Waals surface area contributed by atoms with Gasteiger partial charge in [0.1, 0.15) is 5.75 Å². The van der Waals surface area contributed by atoms with E-state index in [0.717, 1.165) is 24.0 Å². The molecule has 7 nitrogen and oxygen atoms in total. The number of hydrogen-bond donors (Lipinski definition) is 3. The number of nitrogens with one attached hydrogen (secondary N) is 2. The predicted octanol–water partition coefficient (Wildman–Crippen LogP) is 6.05. The lowest BCUT2D eigenvalue weighted by Crippen LogP contribution is -2.48. The molecule has 0 spiro atoms. The minimum absolute atomic E-state index is 0.0243. The summed E-state index contributed by atoms with van der Waals surface area (Å²) >= 11 is 0. The lowest BCUT2D eigenvalue weighted by molar-refractivity contribution is -0.274. The number of rotatable bonds is 12. The second-order valence-electron chi connectivity index (χ2n) is 11.3. The first-order chi connectivity index (χ1) is 22.2. The van der Waals surface area contributed by atoms with Crippen molar-refractivity contribution in [2.24, 2.45) is 0 Å². The molecule has 1 saturated heterocycles. The first-order valence-corrected chi connectivity index (χ1v) is 15.2. The zero-order valence-corrected chi connectivity index (χ0v) is 25.1. The number of hydrogen-bond acceptors (Lipinski definition) is 5. The maximum Gasteiger partial charge on any atom is 0.573 e. The van der Waals surface area contributed by atoms with Gasteiger partial charge in [0.05, 0.1) is 18.2 Å². The van der Waals surface area contributed by atoms with Crippen LogP contribution in [0.2, 0.25) is 0 Å². The van der Waals surface area contributed by atoms with Crippen molar-refractivity contribution in [2.45, 2.75) is 50.4 Å². The number of alkyl halides is 3. The summed E-state index contributed by atoms with van der Waals surface area (Å²) in [5, 5.41) is 17.2. The number of amides is 2. The van der Waals surface area contributed by atoms with Gasteiger partial charge in [0.15, 0.2) is 0 Å². The summed E-state index contributed by atoms with van der Waals surface area (Å²) in [7, 11) is 0. The summed E-state index contributed by atoms with van der Waals surface area (Å²) < 4.78 is 41.8. The Morgan fingerprint density at radius 1 is 0.870 bits per heavy atom. The van der Waals surface area contributed by atoms with Crippen LogP contribution >= 0.6 is 0 Å². The van der Waals surface area contributed by atoms with E-state index in [0.29, 0.717) is 29.7 Å². The van der Waals surface area contributed by atoms with Crippen LogP contribution in [0.25, 0.3) is 0 Å². The normalized spacial score (nSPS) is 16.1. The molecule has 0 bridgehead atoms. The van der Waals surface area contributed by atoms with E-state index in [1.54, 1.807) is 30.3 Å². The van der Waals surface area contributed by atoms with E-state index < -0.39 is 24.4 Å². The van der Waals surface area contributed by atoms with Gasteiger partial charge in [-0.1, -0.05) is 78.9 Å². The standard InChI is InChI=1S/C36H36F3N3O4/c37-36(38,39)46-30-17-7-12-26(20-30)23-40-24-33(43)31(21-25-10-3-1-4-11-25)41-34(44)28-15-8-16-29(22-28)35(45)42-19-9-18-32(42)27-13-5-2-6-14-27/h1-8,10-17,20,22,31-33,40,43H,9,18-19,21,23-24H2,(H,41,44)/t31-,32?,33-/m0/s1. The van der Waals surface area contributed by atoms with Crippen LogP contribution in [0, 0.1) is 0 Å². The fourth-order valence-electron chi connectivity index (χ4n) is 5.75. The Labute approximate surface area is 266 Å². The molecule has 4 aromatic rings. The van der Waals surface area contributed by atoms with Crippen molar-refractivity contribution >= 4 is 11.8 Å². The molecule has 2 amide bonds. The zero-order chi connectivity index (χ0) is 32.5. The van der Waals surface area contributed by atoms with Crippen LogP contribution in [-0.4, -0.2) is 53.4 Å².